The number of nitrogens with one attached hydrogen (secondary N) is 2. The Morgan fingerprint density at radius 3 is 2.24 bits per heavy atom. The highest BCUT2D eigenvalue weighted by molar-refractivity contribution is 7.13. The van der Waals surface area contributed by atoms with Crippen molar-refractivity contribution < 1.29 is 9.59 Å². The summed E-state index contributed by atoms with van der Waals surface area (Å²) in [6.07, 6.45) is 0.151. The fraction of sp³-hybridized carbons (Fsp3) is 0.261. The normalized spacial score (nSPS) is 10.6. The Morgan fingerprint density at radius 2 is 1.59 bits per heavy atom. The van der Waals surface area contributed by atoms with Crippen LogP contribution in [0.1, 0.15) is 27.9 Å². The molecule has 0 unspecified atom stereocenters. The van der Waals surface area contributed by atoms with Crippen LogP contribution in [0.25, 0.3) is 10.6 Å². The second kappa shape index (κ2) is 9.01. The Hall–Kier alpha value is -2.99. The summed E-state index contributed by atoms with van der Waals surface area (Å²) in [4.78, 5) is 29.0. The van der Waals surface area contributed by atoms with Gasteiger partial charge in [-0.3, -0.25) is 9.59 Å². The van der Waals surface area contributed by atoms with E-state index in [9.17, 15) is 9.59 Å². The number of amides is 2. The maximum atomic E-state index is 12.2. The number of benzene rings is 2. The number of carbonyl (C=O) groups excluding carboxylic acids is 2. The molecule has 2 N–H and O–H groups in total. The van der Waals surface area contributed by atoms with Gasteiger partial charge >= 0.3 is 0 Å². The highest BCUT2D eigenvalue weighted by Crippen LogP contribution is 2.24. The van der Waals surface area contributed by atoms with Crippen molar-refractivity contribution in [1.29, 1.82) is 0 Å². The molecule has 2 aromatic carbocycles. The zero-order chi connectivity index (χ0) is 21.0. The first-order chi connectivity index (χ1) is 13.8. The average molecular weight is 408 g/mol. The van der Waals surface area contributed by atoms with Gasteiger partial charge in [0.05, 0.1) is 18.7 Å². The number of thiazole rings is 1. The molecule has 0 aliphatic rings. The molecule has 6 heteroatoms. The zero-order valence-corrected chi connectivity index (χ0v) is 17.9. The molecule has 0 fully saturated rings. The van der Waals surface area contributed by atoms with Gasteiger partial charge in [-0.25, -0.2) is 4.98 Å². The Kier molecular flexibility index (Phi) is 6.44. The first kappa shape index (κ1) is 20.7. The van der Waals surface area contributed by atoms with E-state index in [4.69, 9.17) is 0 Å². The highest BCUT2D eigenvalue weighted by Gasteiger charge is 2.12. The molecule has 3 aromatic rings. The van der Waals surface area contributed by atoms with Crippen LogP contribution in [0, 0.1) is 27.7 Å². The van der Waals surface area contributed by atoms with Crippen molar-refractivity contribution in [2.45, 2.75) is 34.1 Å². The largest absolute Gasteiger partial charge is 0.347 e. The summed E-state index contributed by atoms with van der Waals surface area (Å²) in [7, 11) is 0. The predicted molar refractivity (Wildman–Crippen MR) is 118 cm³/mol. The molecule has 29 heavy (non-hydrogen) atoms. The molecule has 0 aliphatic heterocycles. The third kappa shape index (κ3) is 5.51. The summed E-state index contributed by atoms with van der Waals surface area (Å²) < 4.78 is 0. The molecule has 150 valence electrons. The molecule has 0 saturated heterocycles. The van der Waals surface area contributed by atoms with E-state index < -0.39 is 0 Å². The molecule has 5 nitrogen and oxygen atoms in total. The van der Waals surface area contributed by atoms with Crippen molar-refractivity contribution in [3.8, 4) is 10.6 Å². The number of hydrogen-bond acceptors (Lipinski definition) is 4. The van der Waals surface area contributed by atoms with E-state index >= 15 is 0 Å². The molecule has 0 saturated carbocycles. The van der Waals surface area contributed by atoms with Gasteiger partial charge in [0.25, 0.3) is 0 Å². The molecule has 3 rings (SSSR count). The fourth-order valence-electron chi connectivity index (χ4n) is 3.18. The minimum atomic E-state index is -0.243. The average Bonchev–Trinajstić information content (AvgIpc) is 3.12. The lowest BCUT2D eigenvalue weighted by molar-refractivity contribution is -0.123. The van der Waals surface area contributed by atoms with Gasteiger partial charge in [0.1, 0.15) is 5.01 Å². The van der Waals surface area contributed by atoms with E-state index in [-0.39, 0.29) is 24.8 Å². The van der Waals surface area contributed by atoms with Crippen molar-refractivity contribution in [2.24, 2.45) is 0 Å². The molecule has 1 aromatic heterocycles. The number of carbonyl (C=O) groups is 2. The summed E-state index contributed by atoms with van der Waals surface area (Å²) in [5.74, 6) is -0.467. The Balaban J connectivity index is 1.52. The predicted octanol–water partition coefficient (Wildman–Crippen LogP) is 4.34. The number of nitrogens with zero attached hydrogens (tertiary/aromatic N) is 1. The Morgan fingerprint density at radius 1 is 0.931 bits per heavy atom. The Labute approximate surface area is 175 Å². The van der Waals surface area contributed by atoms with Crippen molar-refractivity contribution in [3.63, 3.8) is 0 Å². The summed E-state index contributed by atoms with van der Waals surface area (Å²) in [6.45, 7) is 7.91. The highest BCUT2D eigenvalue weighted by atomic mass is 32.1. The number of hydrogen-bond donors (Lipinski definition) is 2. The lowest BCUT2D eigenvalue weighted by atomic mass is 10.1. The minimum Gasteiger partial charge on any atom is -0.347 e. The zero-order valence-electron chi connectivity index (χ0n) is 17.1. The molecule has 0 spiro atoms. The Bertz CT molecular complexity index is 1020. The van der Waals surface area contributed by atoms with Crippen LogP contribution in [-0.4, -0.2) is 23.3 Å². The number of anilines is 1. The van der Waals surface area contributed by atoms with Gasteiger partial charge in [-0.15, -0.1) is 11.3 Å². The second-order valence-corrected chi connectivity index (χ2v) is 8.14. The molecular weight excluding hydrogens is 382 g/mol. The molecule has 0 atom stereocenters. The van der Waals surface area contributed by atoms with Crippen LogP contribution >= 0.6 is 11.3 Å². The number of rotatable bonds is 6. The van der Waals surface area contributed by atoms with Crippen LogP contribution < -0.4 is 10.6 Å². The SMILES string of the molecule is Cc1ccc(-c2nc(CC(=O)NCC(=O)Nc3c(C)cc(C)cc3C)cs2)cc1. The third-order valence-electron chi connectivity index (χ3n) is 4.58. The molecule has 0 radical (unpaired) electrons. The van der Waals surface area contributed by atoms with E-state index in [2.05, 4.69) is 15.6 Å². The van der Waals surface area contributed by atoms with Crippen LogP contribution in [0.4, 0.5) is 5.69 Å². The van der Waals surface area contributed by atoms with Crippen molar-refractivity contribution in [2.75, 3.05) is 11.9 Å². The third-order valence-corrected chi connectivity index (χ3v) is 5.52. The fourth-order valence-corrected chi connectivity index (χ4v) is 4.01. The van der Waals surface area contributed by atoms with Crippen LogP contribution in [0.2, 0.25) is 0 Å². The molecule has 0 bridgehead atoms. The molecular formula is C23H25N3O2S. The molecule has 2 amide bonds. The summed E-state index contributed by atoms with van der Waals surface area (Å²) >= 11 is 1.51. The van der Waals surface area contributed by atoms with Gasteiger partial charge < -0.3 is 10.6 Å². The lowest BCUT2D eigenvalue weighted by Gasteiger charge is -2.13. The monoisotopic (exact) mass is 407 g/mol. The van der Waals surface area contributed by atoms with Crippen molar-refractivity contribution in [1.82, 2.24) is 10.3 Å². The van der Waals surface area contributed by atoms with Gasteiger partial charge in [0, 0.05) is 16.6 Å². The van der Waals surface area contributed by atoms with Gasteiger partial charge in [-0.1, -0.05) is 47.5 Å². The van der Waals surface area contributed by atoms with Gasteiger partial charge in [0.2, 0.25) is 11.8 Å². The lowest BCUT2D eigenvalue weighted by Crippen LogP contribution is -2.34. The van der Waals surface area contributed by atoms with E-state index in [0.717, 1.165) is 32.9 Å². The quantitative estimate of drug-likeness (QED) is 0.638. The van der Waals surface area contributed by atoms with Crippen LogP contribution in [-0.2, 0) is 16.0 Å². The van der Waals surface area contributed by atoms with Crippen molar-refractivity contribution in [3.05, 3.63) is 69.7 Å². The van der Waals surface area contributed by atoms with Gasteiger partial charge in [0.15, 0.2) is 0 Å². The smallest absolute Gasteiger partial charge is 0.243 e. The van der Waals surface area contributed by atoms with E-state index in [1.807, 2.05) is 69.5 Å². The van der Waals surface area contributed by atoms with Crippen LogP contribution in [0.3, 0.4) is 0 Å². The standard InChI is InChI=1S/C23H25N3O2S/c1-14-5-7-18(8-6-14)23-25-19(13-29-23)11-20(27)24-12-21(28)26-22-16(3)9-15(2)10-17(22)4/h5-10,13H,11-12H2,1-4H3,(H,24,27)(H,26,28). The summed E-state index contributed by atoms with van der Waals surface area (Å²) in [6, 6.07) is 12.2. The number of aryl methyl sites for hydroxylation is 4. The first-order valence-electron chi connectivity index (χ1n) is 9.47. The van der Waals surface area contributed by atoms with E-state index in [1.54, 1.807) is 0 Å². The van der Waals surface area contributed by atoms with Crippen LogP contribution in [0.5, 0.6) is 0 Å². The molecule has 0 aliphatic carbocycles. The maximum absolute atomic E-state index is 12.2. The van der Waals surface area contributed by atoms with Gasteiger partial charge in [-0.2, -0.15) is 0 Å². The van der Waals surface area contributed by atoms with E-state index in [1.165, 1.54) is 16.9 Å². The van der Waals surface area contributed by atoms with Gasteiger partial charge in [-0.05, 0) is 38.8 Å². The summed E-state index contributed by atoms with van der Waals surface area (Å²) in [5.41, 5.74) is 6.90. The van der Waals surface area contributed by atoms with E-state index in [0.29, 0.717) is 5.69 Å². The first-order valence-corrected chi connectivity index (χ1v) is 10.4. The van der Waals surface area contributed by atoms with Crippen molar-refractivity contribution >= 4 is 28.8 Å². The minimum absolute atomic E-state index is 0.0689. The van der Waals surface area contributed by atoms with Crippen LogP contribution in [0.15, 0.2) is 41.8 Å². The topological polar surface area (TPSA) is 71.1 Å². The molecule has 1 heterocycles. The summed E-state index contributed by atoms with van der Waals surface area (Å²) in [5, 5.41) is 8.33. The maximum Gasteiger partial charge on any atom is 0.243 e. The second-order valence-electron chi connectivity index (χ2n) is 7.29. The number of aromatic nitrogens is 1.